The number of hydrogen-bond acceptors (Lipinski definition) is 4. The number of primary sulfonamides is 1. The SMILES string of the molecule is CNCC1CCCN1c1ccc(S(N)(=O)=O)cc1F. The van der Waals surface area contributed by atoms with Gasteiger partial charge in [-0.3, -0.25) is 0 Å². The minimum Gasteiger partial charge on any atom is -0.365 e. The van der Waals surface area contributed by atoms with Crippen LogP contribution in [0.1, 0.15) is 12.8 Å². The van der Waals surface area contributed by atoms with Gasteiger partial charge in [0, 0.05) is 19.1 Å². The second kappa shape index (κ2) is 5.44. The van der Waals surface area contributed by atoms with E-state index in [1.807, 2.05) is 11.9 Å². The third-order valence-electron chi connectivity index (χ3n) is 3.37. The lowest BCUT2D eigenvalue weighted by molar-refractivity contribution is 0.579. The molecule has 1 aromatic rings. The summed E-state index contributed by atoms with van der Waals surface area (Å²) in [6.07, 6.45) is 2.00. The number of anilines is 1. The summed E-state index contributed by atoms with van der Waals surface area (Å²) in [7, 11) is -2.00. The second-order valence-corrected chi connectivity index (χ2v) is 6.27. The zero-order valence-electron chi connectivity index (χ0n) is 10.8. The summed E-state index contributed by atoms with van der Waals surface area (Å²) in [5.41, 5.74) is 0.435. The van der Waals surface area contributed by atoms with Crippen molar-refractivity contribution in [2.24, 2.45) is 5.14 Å². The highest BCUT2D eigenvalue weighted by Crippen LogP contribution is 2.29. The van der Waals surface area contributed by atoms with Crippen LogP contribution in [0.5, 0.6) is 0 Å². The molecule has 3 N–H and O–H groups in total. The van der Waals surface area contributed by atoms with Gasteiger partial charge < -0.3 is 10.2 Å². The van der Waals surface area contributed by atoms with Crippen molar-refractivity contribution in [3.05, 3.63) is 24.0 Å². The summed E-state index contributed by atoms with van der Waals surface area (Å²) in [5.74, 6) is -0.547. The Morgan fingerprint density at radius 1 is 1.53 bits per heavy atom. The summed E-state index contributed by atoms with van der Waals surface area (Å²) >= 11 is 0. The van der Waals surface area contributed by atoms with Crippen LogP contribution in [0.4, 0.5) is 10.1 Å². The van der Waals surface area contributed by atoms with Crippen LogP contribution in [0.3, 0.4) is 0 Å². The maximum absolute atomic E-state index is 14.1. The Kier molecular flexibility index (Phi) is 4.07. The zero-order chi connectivity index (χ0) is 14.0. The fraction of sp³-hybridized carbons (Fsp3) is 0.500. The molecule has 2 rings (SSSR count). The highest BCUT2D eigenvalue weighted by atomic mass is 32.2. The molecule has 0 spiro atoms. The highest BCUT2D eigenvalue weighted by Gasteiger charge is 2.26. The van der Waals surface area contributed by atoms with Crippen molar-refractivity contribution < 1.29 is 12.8 Å². The zero-order valence-corrected chi connectivity index (χ0v) is 11.6. The summed E-state index contributed by atoms with van der Waals surface area (Å²) in [6, 6.07) is 4.06. The van der Waals surface area contributed by atoms with Crippen LogP contribution in [0, 0.1) is 5.82 Å². The first-order valence-electron chi connectivity index (χ1n) is 6.17. The monoisotopic (exact) mass is 287 g/mol. The summed E-state index contributed by atoms with van der Waals surface area (Å²) in [6.45, 7) is 1.55. The average molecular weight is 287 g/mol. The number of likely N-dealkylation sites (N-methyl/N-ethyl adjacent to an activating group) is 1. The first-order valence-corrected chi connectivity index (χ1v) is 7.71. The van der Waals surface area contributed by atoms with E-state index in [1.54, 1.807) is 0 Å². The Balaban J connectivity index is 2.31. The molecule has 1 aliphatic heterocycles. The van der Waals surface area contributed by atoms with Gasteiger partial charge in [0.2, 0.25) is 10.0 Å². The van der Waals surface area contributed by atoms with E-state index in [1.165, 1.54) is 12.1 Å². The van der Waals surface area contributed by atoms with Crippen molar-refractivity contribution in [3.63, 3.8) is 0 Å². The van der Waals surface area contributed by atoms with Gasteiger partial charge in [-0.1, -0.05) is 0 Å². The number of rotatable bonds is 4. The van der Waals surface area contributed by atoms with Gasteiger partial charge in [-0.25, -0.2) is 17.9 Å². The number of nitrogens with two attached hydrogens (primary N) is 1. The van der Waals surface area contributed by atoms with E-state index in [0.717, 1.165) is 32.0 Å². The van der Waals surface area contributed by atoms with E-state index in [4.69, 9.17) is 5.14 Å². The molecule has 1 heterocycles. The van der Waals surface area contributed by atoms with Crippen molar-refractivity contribution in [1.29, 1.82) is 0 Å². The predicted molar refractivity (Wildman–Crippen MR) is 72.1 cm³/mol. The third-order valence-corrected chi connectivity index (χ3v) is 4.28. The standard InChI is InChI=1S/C12H18FN3O2S/c1-15-8-9-3-2-6-16(9)12-5-4-10(7-11(12)13)19(14,17)18/h4-5,7,9,15H,2-3,6,8H2,1H3,(H2,14,17,18). The molecule has 1 aliphatic rings. The highest BCUT2D eigenvalue weighted by molar-refractivity contribution is 7.89. The summed E-state index contributed by atoms with van der Waals surface area (Å²) in [5, 5.41) is 8.07. The number of nitrogens with one attached hydrogen (secondary N) is 1. The molecule has 0 aromatic heterocycles. The lowest BCUT2D eigenvalue weighted by Gasteiger charge is -2.27. The Hall–Kier alpha value is -1.18. The molecule has 7 heteroatoms. The normalized spacial score (nSPS) is 19.9. The van der Waals surface area contributed by atoms with Crippen LogP contribution in [-0.2, 0) is 10.0 Å². The quantitative estimate of drug-likeness (QED) is 0.853. The molecule has 0 amide bonds. The molecule has 1 unspecified atom stereocenters. The lowest BCUT2D eigenvalue weighted by Crippen LogP contribution is -2.37. The average Bonchev–Trinajstić information content (AvgIpc) is 2.76. The maximum atomic E-state index is 14.1. The number of hydrogen-bond donors (Lipinski definition) is 2. The van der Waals surface area contributed by atoms with E-state index >= 15 is 0 Å². The molecule has 19 heavy (non-hydrogen) atoms. The molecule has 0 bridgehead atoms. The Bertz CT molecular complexity index is 562. The van der Waals surface area contributed by atoms with Crippen molar-refractivity contribution in [2.75, 3.05) is 25.0 Å². The fourth-order valence-corrected chi connectivity index (χ4v) is 3.02. The Morgan fingerprint density at radius 3 is 2.84 bits per heavy atom. The van der Waals surface area contributed by atoms with Gasteiger partial charge in [-0.05, 0) is 38.1 Å². The van der Waals surface area contributed by atoms with Gasteiger partial charge in [0.05, 0.1) is 10.6 Å². The van der Waals surface area contributed by atoms with Crippen LogP contribution in [0.2, 0.25) is 0 Å². The number of benzene rings is 1. The van der Waals surface area contributed by atoms with Gasteiger partial charge in [0.1, 0.15) is 5.82 Å². The molecule has 1 atom stereocenters. The molecule has 1 saturated heterocycles. The van der Waals surface area contributed by atoms with Gasteiger partial charge in [0.25, 0.3) is 0 Å². The van der Waals surface area contributed by atoms with Crippen molar-refractivity contribution in [3.8, 4) is 0 Å². The minimum atomic E-state index is -3.86. The molecule has 0 saturated carbocycles. The van der Waals surface area contributed by atoms with E-state index in [-0.39, 0.29) is 10.9 Å². The third kappa shape index (κ3) is 3.05. The van der Waals surface area contributed by atoms with Crippen LogP contribution in [-0.4, -0.2) is 34.6 Å². The van der Waals surface area contributed by atoms with E-state index < -0.39 is 15.8 Å². The Labute approximate surface area is 112 Å². The van der Waals surface area contributed by atoms with Crippen molar-refractivity contribution in [1.82, 2.24) is 5.32 Å². The smallest absolute Gasteiger partial charge is 0.238 e. The number of halogens is 1. The van der Waals surface area contributed by atoms with Crippen LogP contribution in [0.15, 0.2) is 23.1 Å². The summed E-state index contributed by atoms with van der Waals surface area (Å²) < 4.78 is 36.4. The Morgan fingerprint density at radius 2 is 2.26 bits per heavy atom. The topological polar surface area (TPSA) is 75.4 Å². The molecular weight excluding hydrogens is 269 g/mol. The summed E-state index contributed by atoms with van der Waals surface area (Å²) in [4.78, 5) is 1.77. The second-order valence-electron chi connectivity index (χ2n) is 4.71. The van der Waals surface area contributed by atoms with Crippen LogP contribution >= 0.6 is 0 Å². The van der Waals surface area contributed by atoms with E-state index in [9.17, 15) is 12.8 Å². The van der Waals surface area contributed by atoms with Gasteiger partial charge in [0.15, 0.2) is 0 Å². The van der Waals surface area contributed by atoms with Crippen LogP contribution < -0.4 is 15.4 Å². The predicted octanol–water partition coefficient (Wildman–Crippen LogP) is 0.661. The van der Waals surface area contributed by atoms with Crippen LogP contribution in [0.25, 0.3) is 0 Å². The molecule has 5 nitrogen and oxygen atoms in total. The molecular formula is C12H18FN3O2S. The molecule has 106 valence electrons. The lowest BCUT2D eigenvalue weighted by atomic mass is 10.2. The van der Waals surface area contributed by atoms with Gasteiger partial charge in [-0.2, -0.15) is 0 Å². The molecule has 0 radical (unpaired) electrons. The van der Waals surface area contributed by atoms with Crippen molar-refractivity contribution >= 4 is 15.7 Å². The van der Waals surface area contributed by atoms with Gasteiger partial charge >= 0.3 is 0 Å². The minimum absolute atomic E-state index is 0.196. The first kappa shape index (κ1) is 14.2. The fourth-order valence-electron chi connectivity index (χ4n) is 2.50. The van der Waals surface area contributed by atoms with E-state index in [0.29, 0.717) is 5.69 Å². The van der Waals surface area contributed by atoms with E-state index in [2.05, 4.69) is 5.32 Å². The first-order chi connectivity index (χ1) is 8.93. The molecule has 0 aliphatic carbocycles. The van der Waals surface area contributed by atoms with Gasteiger partial charge in [-0.15, -0.1) is 0 Å². The maximum Gasteiger partial charge on any atom is 0.238 e. The van der Waals surface area contributed by atoms with Crippen molar-refractivity contribution in [2.45, 2.75) is 23.8 Å². The number of sulfonamides is 1. The number of nitrogens with zero attached hydrogens (tertiary/aromatic N) is 1. The molecule has 1 fully saturated rings. The molecule has 1 aromatic carbocycles. The largest absolute Gasteiger partial charge is 0.365 e.